The summed E-state index contributed by atoms with van der Waals surface area (Å²) in [5, 5.41) is 2.89. The van der Waals surface area contributed by atoms with Crippen molar-refractivity contribution >= 4 is 23.2 Å². The second-order valence-electron chi connectivity index (χ2n) is 6.77. The van der Waals surface area contributed by atoms with Gasteiger partial charge >= 0.3 is 0 Å². The van der Waals surface area contributed by atoms with Crippen LogP contribution in [-0.4, -0.2) is 43.9 Å². The molecule has 2 amide bonds. The normalized spacial score (nSPS) is 10.4. The molecule has 2 rings (SSSR count). The Bertz CT molecular complexity index is 763. The molecule has 5 nitrogen and oxygen atoms in total. The molecule has 0 aliphatic rings. The summed E-state index contributed by atoms with van der Waals surface area (Å²) in [6, 6.07) is 14.6. The van der Waals surface area contributed by atoms with Gasteiger partial charge in [-0.15, -0.1) is 0 Å². The van der Waals surface area contributed by atoms with Crippen LogP contribution in [0.5, 0.6) is 0 Å². The highest BCUT2D eigenvalue weighted by atomic mass is 16.2. The molecule has 5 heteroatoms. The molecule has 0 saturated carbocycles. The minimum absolute atomic E-state index is 0.0244. The summed E-state index contributed by atoms with van der Waals surface area (Å²) in [7, 11) is 3.94. The van der Waals surface area contributed by atoms with Crippen LogP contribution in [0.2, 0.25) is 0 Å². The Morgan fingerprint density at radius 1 is 0.889 bits per heavy atom. The third kappa shape index (κ3) is 5.58. The molecule has 0 unspecified atom stereocenters. The van der Waals surface area contributed by atoms with Gasteiger partial charge in [-0.25, -0.2) is 0 Å². The highest BCUT2D eigenvalue weighted by Gasteiger charge is 2.16. The van der Waals surface area contributed by atoms with E-state index in [-0.39, 0.29) is 11.8 Å². The van der Waals surface area contributed by atoms with Crippen molar-refractivity contribution in [3.8, 4) is 0 Å². The fourth-order valence-electron chi connectivity index (χ4n) is 2.88. The Hall–Kier alpha value is -2.82. The number of nitrogens with zero attached hydrogens (tertiary/aromatic N) is 2. The minimum Gasteiger partial charge on any atom is -0.378 e. The fraction of sp³-hybridized carbons (Fsp3) is 0.364. The number of hydrogen-bond donors (Lipinski definition) is 1. The zero-order valence-corrected chi connectivity index (χ0v) is 16.7. The summed E-state index contributed by atoms with van der Waals surface area (Å²) in [5.41, 5.74) is 2.81. The molecule has 0 fully saturated rings. The zero-order chi connectivity index (χ0) is 19.8. The molecule has 1 N–H and O–H groups in total. The van der Waals surface area contributed by atoms with Crippen molar-refractivity contribution in [2.24, 2.45) is 0 Å². The van der Waals surface area contributed by atoms with Crippen LogP contribution in [0.25, 0.3) is 0 Å². The maximum Gasteiger partial charge on any atom is 0.255 e. The van der Waals surface area contributed by atoms with E-state index in [1.165, 1.54) is 0 Å². The molecular weight excluding hydrogens is 338 g/mol. The summed E-state index contributed by atoms with van der Waals surface area (Å²) in [6.45, 7) is 5.56. The Labute approximate surface area is 162 Å². The summed E-state index contributed by atoms with van der Waals surface area (Å²) < 4.78 is 0. The molecule has 0 aliphatic carbocycles. The molecule has 0 aliphatic heterocycles. The number of carbonyl (C=O) groups is 2. The molecule has 0 atom stereocenters. The number of amides is 2. The molecule has 0 spiro atoms. The fourth-order valence-corrected chi connectivity index (χ4v) is 2.88. The first-order valence-corrected chi connectivity index (χ1v) is 9.44. The summed E-state index contributed by atoms with van der Waals surface area (Å²) >= 11 is 0. The predicted molar refractivity (Wildman–Crippen MR) is 112 cm³/mol. The monoisotopic (exact) mass is 367 g/mol. The van der Waals surface area contributed by atoms with E-state index in [1.54, 1.807) is 24.3 Å². The molecule has 0 saturated heterocycles. The van der Waals surface area contributed by atoms with Gasteiger partial charge in [-0.05, 0) is 55.3 Å². The standard InChI is InChI=1S/C22H29N3O2/c1-5-14-25(15-6-2)22(27)18-9-7-8-17(16-18)21(26)23-19-10-12-20(13-11-19)24(3)4/h7-13,16H,5-6,14-15H2,1-4H3,(H,23,26). The highest BCUT2D eigenvalue weighted by Crippen LogP contribution is 2.17. The SMILES string of the molecule is CCCN(CCC)C(=O)c1cccc(C(=O)Nc2ccc(N(C)C)cc2)c1. The average Bonchev–Trinajstić information content (AvgIpc) is 2.67. The number of rotatable bonds is 8. The van der Waals surface area contributed by atoms with Crippen LogP contribution < -0.4 is 10.2 Å². The van der Waals surface area contributed by atoms with Crippen molar-refractivity contribution in [2.45, 2.75) is 26.7 Å². The molecular formula is C22H29N3O2. The molecule has 2 aromatic carbocycles. The third-order valence-corrected chi connectivity index (χ3v) is 4.29. The lowest BCUT2D eigenvalue weighted by atomic mass is 10.1. The molecule has 0 heterocycles. The second kappa shape index (κ2) is 9.76. The largest absolute Gasteiger partial charge is 0.378 e. The second-order valence-corrected chi connectivity index (χ2v) is 6.77. The minimum atomic E-state index is -0.222. The summed E-state index contributed by atoms with van der Waals surface area (Å²) in [4.78, 5) is 29.2. The quantitative estimate of drug-likeness (QED) is 0.758. The Balaban J connectivity index is 2.13. The van der Waals surface area contributed by atoms with E-state index in [0.29, 0.717) is 11.1 Å². The first kappa shape index (κ1) is 20.5. The average molecular weight is 367 g/mol. The first-order chi connectivity index (χ1) is 13.0. The smallest absolute Gasteiger partial charge is 0.255 e. The van der Waals surface area contributed by atoms with E-state index in [1.807, 2.05) is 48.2 Å². The molecule has 27 heavy (non-hydrogen) atoms. The third-order valence-electron chi connectivity index (χ3n) is 4.29. The van der Waals surface area contributed by atoms with Gasteiger partial charge < -0.3 is 15.1 Å². The lowest BCUT2D eigenvalue weighted by molar-refractivity contribution is 0.0755. The van der Waals surface area contributed by atoms with Gasteiger partial charge in [-0.3, -0.25) is 9.59 Å². The number of benzene rings is 2. The van der Waals surface area contributed by atoms with Gasteiger partial charge in [-0.2, -0.15) is 0 Å². The summed E-state index contributed by atoms with van der Waals surface area (Å²) in [6.07, 6.45) is 1.82. The van der Waals surface area contributed by atoms with E-state index < -0.39 is 0 Å². The number of anilines is 2. The van der Waals surface area contributed by atoms with Crippen molar-refractivity contribution in [3.05, 3.63) is 59.7 Å². The van der Waals surface area contributed by atoms with Gasteiger partial charge in [0.05, 0.1) is 0 Å². The van der Waals surface area contributed by atoms with E-state index in [0.717, 1.165) is 37.3 Å². The van der Waals surface area contributed by atoms with Gasteiger partial charge in [0.1, 0.15) is 0 Å². The molecule has 0 radical (unpaired) electrons. The van der Waals surface area contributed by atoms with Gasteiger partial charge in [0, 0.05) is 49.7 Å². The maximum absolute atomic E-state index is 12.7. The Kier molecular flexibility index (Phi) is 7.41. The highest BCUT2D eigenvalue weighted by molar-refractivity contribution is 6.06. The zero-order valence-electron chi connectivity index (χ0n) is 16.7. The molecule has 2 aromatic rings. The lowest BCUT2D eigenvalue weighted by Crippen LogP contribution is -2.32. The molecule has 144 valence electrons. The van der Waals surface area contributed by atoms with Crippen LogP contribution in [0, 0.1) is 0 Å². The topological polar surface area (TPSA) is 52.7 Å². The van der Waals surface area contributed by atoms with Gasteiger partial charge in [0.25, 0.3) is 11.8 Å². The first-order valence-electron chi connectivity index (χ1n) is 9.44. The van der Waals surface area contributed by atoms with E-state index in [9.17, 15) is 9.59 Å². The number of carbonyl (C=O) groups excluding carboxylic acids is 2. The van der Waals surface area contributed by atoms with Crippen molar-refractivity contribution in [1.82, 2.24) is 4.90 Å². The Morgan fingerprint density at radius 3 is 2.04 bits per heavy atom. The van der Waals surface area contributed by atoms with Crippen LogP contribution >= 0.6 is 0 Å². The van der Waals surface area contributed by atoms with Crippen LogP contribution in [-0.2, 0) is 0 Å². The van der Waals surface area contributed by atoms with Crippen LogP contribution in [0.15, 0.2) is 48.5 Å². The van der Waals surface area contributed by atoms with Crippen LogP contribution in [0.4, 0.5) is 11.4 Å². The summed E-state index contributed by atoms with van der Waals surface area (Å²) in [5.74, 6) is -0.247. The van der Waals surface area contributed by atoms with Crippen molar-refractivity contribution in [1.29, 1.82) is 0 Å². The maximum atomic E-state index is 12.7. The molecule has 0 bridgehead atoms. The molecule has 0 aromatic heterocycles. The van der Waals surface area contributed by atoms with E-state index >= 15 is 0 Å². The van der Waals surface area contributed by atoms with Gasteiger partial charge in [-0.1, -0.05) is 19.9 Å². The van der Waals surface area contributed by atoms with Crippen molar-refractivity contribution in [3.63, 3.8) is 0 Å². The van der Waals surface area contributed by atoms with Crippen LogP contribution in [0.1, 0.15) is 47.4 Å². The van der Waals surface area contributed by atoms with Crippen molar-refractivity contribution in [2.75, 3.05) is 37.4 Å². The van der Waals surface area contributed by atoms with Gasteiger partial charge in [0.15, 0.2) is 0 Å². The number of nitrogens with one attached hydrogen (secondary N) is 1. The van der Waals surface area contributed by atoms with Crippen molar-refractivity contribution < 1.29 is 9.59 Å². The predicted octanol–water partition coefficient (Wildman–Crippen LogP) is 4.27. The van der Waals surface area contributed by atoms with Crippen LogP contribution in [0.3, 0.4) is 0 Å². The number of hydrogen-bond acceptors (Lipinski definition) is 3. The van der Waals surface area contributed by atoms with E-state index in [4.69, 9.17) is 0 Å². The lowest BCUT2D eigenvalue weighted by Gasteiger charge is -2.21. The Morgan fingerprint density at radius 2 is 1.48 bits per heavy atom. The van der Waals surface area contributed by atoms with E-state index in [2.05, 4.69) is 19.2 Å². The van der Waals surface area contributed by atoms with Gasteiger partial charge in [0.2, 0.25) is 0 Å².